The number of likely N-dealkylation sites (N-methyl/N-ethyl adjacent to an activating group) is 1. The first kappa shape index (κ1) is 32.5. The van der Waals surface area contributed by atoms with Crippen molar-refractivity contribution in [2.24, 2.45) is 0 Å². The SMILES string of the molecule is Cc1ccc(NC(=O)c2ccc(CN3CCN(C)CC3)cc2)cc1Nc1nccc(-c2cccnc2)n1.O=C(O)/C=C\C(=O)O. The molecule has 1 aliphatic rings. The number of piperazine rings is 1. The molecule has 0 spiro atoms. The van der Waals surface area contributed by atoms with Gasteiger partial charge in [0.15, 0.2) is 0 Å². The second-order valence-corrected chi connectivity index (χ2v) is 10.4. The standard InChI is InChI=1S/C29H31N7O.C4H4O4/c1-21-5-10-25(18-27(21)34-29-31-13-11-26(33-29)24-4-3-12-30-19-24)32-28(37)23-8-6-22(7-9-23)20-36-16-14-35(2)15-17-36;5-3(6)1-2-4(7)8/h3-13,18-19H,14-17,20H2,1-2H3,(H,32,37)(H,31,33,34);1-2H,(H,5,6)(H,7,8)/b;2-1-. The van der Waals surface area contributed by atoms with Crippen molar-refractivity contribution in [3.05, 3.63) is 108 Å². The Balaban J connectivity index is 0.000000510. The summed E-state index contributed by atoms with van der Waals surface area (Å²) in [5, 5.41) is 21.9. The summed E-state index contributed by atoms with van der Waals surface area (Å²) in [6.45, 7) is 7.24. The lowest BCUT2D eigenvalue weighted by atomic mass is 10.1. The van der Waals surface area contributed by atoms with Crippen LogP contribution in [0.25, 0.3) is 11.3 Å². The summed E-state index contributed by atoms with van der Waals surface area (Å²) < 4.78 is 0. The molecule has 0 saturated carbocycles. The molecule has 1 aliphatic heterocycles. The van der Waals surface area contributed by atoms with Crippen LogP contribution in [-0.4, -0.2) is 86.0 Å². The predicted octanol–water partition coefficient (Wildman–Crippen LogP) is 4.30. The molecule has 232 valence electrons. The third-order valence-electron chi connectivity index (χ3n) is 6.94. The van der Waals surface area contributed by atoms with E-state index in [-0.39, 0.29) is 5.91 Å². The number of nitrogens with zero attached hydrogens (tertiary/aromatic N) is 5. The monoisotopic (exact) mass is 609 g/mol. The van der Waals surface area contributed by atoms with Crippen LogP contribution in [-0.2, 0) is 16.1 Å². The fraction of sp³-hybridized carbons (Fsp3) is 0.212. The Morgan fingerprint density at radius 3 is 2.27 bits per heavy atom. The first-order valence-electron chi connectivity index (χ1n) is 14.2. The normalized spacial score (nSPS) is 13.5. The summed E-state index contributed by atoms with van der Waals surface area (Å²) in [5.74, 6) is -2.18. The minimum atomic E-state index is -1.26. The molecule has 5 rings (SSSR count). The van der Waals surface area contributed by atoms with Gasteiger partial charge in [-0.15, -0.1) is 0 Å². The molecule has 0 radical (unpaired) electrons. The molecular formula is C33H35N7O5. The zero-order valence-electron chi connectivity index (χ0n) is 25.1. The van der Waals surface area contributed by atoms with Crippen LogP contribution < -0.4 is 10.6 Å². The first-order chi connectivity index (χ1) is 21.7. The lowest BCUT2D eigenvalue weighted by Gasteiger charge is -2.32. The highest BCUT2D eigenvalue weighted by molar-refractivity contribution is 6.04. The van der Waals surface area contributed by atoms with Gasteiger partial charge in [-0.3, -0.25) is 14.7 Å². The summed E-state index contributed by atoms with van der Waals surface area (Å²) >= 11 is 0. The van der Waals surface area contributed by atoms with Crippen LogP contribution in [0.2, 0.25) is 0 Å². The van der Waals surface area contributed by atoms with E-state index in [1.54, 1.807) is 18.6 Å². The Labute approximate surface area is 261 Å². The van der Waals surface area contributed by atoms with Crippen LogP contribution in [0.1, 0.15) is 21.5 Å². The van der Waals surface area contributed by atoms with E-state index in [4.69, 9.17) is 10.2 Å². The molecule has 1 fully saturated rings. The van der Waals surface area contributed by atoms with Crippen LogP contribution in [0.5, 0.6) is 0 Å². The van der Waals surface area contributed by atoms with E-state index < -0.39 is 11.9 Å². The van der Waals surface area contributed by atoms with Gasteiger partial charge < -0.3 is 25.7 Å². The number of hydrogen-bond acceptors (Lipinski definition) is 9. The molecule has 0 atom stereocenters. The number of aliphatic carboxylic acids is 2. The first-order valence-corrected chi connectivity index (χ1v) is 14.2. The van der Waals surface area contributed by atoms with Crippen LogP contribution in [0.15, 0.2) is 91.4 Å². The van der Waals surface area contributed by atoms with E-state index in [2.05, 4.69) is 42.4 Å². The number of hydrogen-bond donors (Lipinski definition) is 4. The van der Waals surface area contributed by atoms with E-state index >= 15 is 0 Å². The number of benzene rings is 2. The Morgan fingerprint density at radius 1 is 0.911 bits per heavy atom. The van der Waals surface area contributed by atoms with Crippen molar-refractivity contribution in [1.82, 2.24) is 24.8 Å². The van der Waals surface area contributed by atoms with Gasteiger partial charge in [0.2, 0.25) is 5.95 Å². The summed E-state index contributed by atoms with van der Waals surface area (Å²) in [4.78, 5) is 50.0. The van der Waals surface area contributed by atoms with E-state index in [0.717, 1.165) is 55.2 Å². The van der Waals surface area contributed by atoms with Gasteiger partial charge in [-0.2, -0.15) is 0 Å². The molecule has 12 heteroatoms. The van der Waals surface area contributed by atoms with Gasteiger partial charge in [-0.25, -0.2) is 19.6 Å². The second-order valence-electron chi connectivity index (χ2n) is 10.4. The number of carbonyl (C=O) groups is 3. The van der Waals surface area contributed by atoms with Gasteiger partial charge in [-0.05, 0) is 67.6 Å². The third-order valence-corrected chi connectivity index (χ3v) is 6.94. The van der Waals surface area contributed by atoms with Crippen LogP contribution in [0.3, 0.4) is 0 Å². The molecule has 0 bridgehead atoms. The average molecular weight is 610 g/mol. The molecule has 3 heterocycles. The maximum Gasteiger partial charge on any atom is 0.328 e. The molecule has 2 aromatic carbocycles. The fourth-order valence-corrected chi connectivity index (χ4v) is 4.42. The number of aromatic nitrogens is 3. The highest BCUT2D eigenvalue weighted by Gasteiger charge is 2.14. The number of carboxylic acid groups (broad SMARTS) is 2. The number of amides is 1. The van der Waals surface area contributed by atoms with E-state index in [1.807, 2.05) is 67.6 Å². The molecule has 0 unspecified atom stereocenters. The van der Waals surface area contributed by atoms with Gasteiger partial charge in [0.05, 0.1) is 5.69 Å². The Bertz CT molecular complexity index is 1620. The summed E-state index contributed by atoms with van der Waals surface area (Å²) in [7, 11) is 2.16. The summed E-state index contributed by atoms with van der Waals surface area (Å²) in [6, 6.07) is 19.3. The molecule has 4 N–H and O–H groups in total. The Kier molecular flexibility index (Phi) is 11.4. The van der Waals surface area contributed by atoms with Gasteiger partial charge in [0.1, 0.15) is 0 Å². The van der Waals surface area contributed by atoms with Crippen molar-refractivity contribution in [3.63, 3.8) is 0 Å². The molecule has 4 aromatic rings. The highest BCUT2D eigenvalue weighted by Crippen LogP contribution is 2.25. The van der Waals surface area contributed by atoms with E-state index in [1.165, 1.54) is 5.56 Å². The molecular weight excluding hydrogens is 574 g/mol. The molecule has 2 aromatic heterocycles. The molecule has 12 nitrogen and oxygen atoms in total. The lowest BCUT2D eigenvalue weighted by Crippen LogP contribution is -2.43. The highest BCUT2D eigenvalue weighted by atomic mass is 16.4. The fourth-order valence-electron chi connectivity index (χ4n) is 4.42. The van der Waals surface area contributed by atoms with Crippen molar-refractivity contribution in [2.75, 3.05) is 43.9 Å². The molecule has 0 aliphatic carbocycles. The van der Waals surface area contributed by atoms with E-state index in [9.17, 15) is 14.4 Å². The number of pyridine rings is 1. The third kappa shape index (κ3) is 10.3. The number of rotatable bonds is 9. The number of nitrogens with one attached hydrogen (secondary N) is 2. The molecule has 1 amide bonds. The van der Waals surface area contributed by atoms with Gasteiger partial charge in [0.25, 0.3) is 5.91 Å². The van der Waals surface area contributed by atoms with Gasteiger partial charge in [0, 0.05) is 86.0 Å². The number of carbonyl (C=O) groups excluding carboxylic acids is 1. The summed E-state index contributed by atoms with van der Waals surface area (Å²) in [6.07, 6.45) is 6.33. The number of carboxylic acids is 2. The van der Waals surface area contributed by atoms with Crippen LogP contribution >= 0.6 is 0 Å². The van der Waals surface area contributed by atoms with Gasteiger partial charge in [-0.1, -0.05) is 18.2 Å². The maximum absolute atomic E-state index is 12.9. The summed E-state index contributed by atoms with van der Waals surface area (Å²) in [5.41, 5.74) is 6.08. The van der Waals surface area contributed by atoms with E-state index in [0.29, 0.717) is 29.4 Å². The zero-order valence-corrected chi connectivity index (χ0v) is 25.1. The average Bonchev–Trinajstić information content (AvgIpc) is 3.04. The topological polar surface area (TPSA) is 161 Å². The zero-order chi connectivity index (χ0) is 32.2. The van der Waals surface area contributed by atoms with Crippen molar-refractivity contribution in [3.8, 4) is 11.3 Å². The minimum absolute atomic E-state index is 0.143. The number of anilines is 3. The van der Waals surface area contributed by atoms with Crippen molar-refractivity contribution >= 4 is 35.2 Å². The predicted molar refractivity (Wildman–Crippen MR) is 171 cm³/mol. The smallest absolute Gasteiger partial charge is 0.328 e. The van der Waals surface area contributed by atoms with Gasteiger partial charge >= 0.3 is 11.9 Å². The second kappa shape index (κ2) is 15.8. The molecule has 1 saturated heterocycles. The Hall–Kier alpha value is -5.46. The van der Waals surface area contributed by atoms with Crippen molar-refractivity contribution < 1.29 is 24.6 Å². The minimum Gasteiger partial charge on any atom is -0.478 e. The maximum atomic E-state index is 12.9. The lowest BCUT2D eigenvalue weighted by molar-refractivity contribution is -0.134. The number of aryl methyl sites for hydroxylation is 1. The quantitative estimate of drug-likeness (QED) is 0.200. The van der Waals surface area contributed by atoms with Crippen molar-refractivity contribution in [2.45, 2.75) is 13.5 Å². The van der Waals surface area contributed by atoms with Crippen molar-refractivity contribution in [1.29, 1.82) is 0 Å². The largest absolute Gasteiger partial charge is 0.478 e. The Morgan fingerprint density at radius 2 is 1.62 bits per heavy atom. The van der Waals surface area contributed by atoms with Crippen LogP contribution in [0, 0.1) is 6.92 Å². The molecule has 45 heavy (non-hydrogen) atoms. The van der Waals surface area contributed by atoms with Crippen LogP contribution in [0.4, 0.5) is 17.3 Å².